The Hall–Kier alpha value is -1.83. The van der Waals surface area contributed by atoms with E-state index in [1.165, 1.54) is 10.9 Å². The van der Waals surface area contributed by atoms with Crippen molar-refractivity contribution >= 4 is 36.9 Å². The number of alkyl halides is 1. The molecule has 7 heteroatoms. The molecule has 0 spiro atoms. The van der Waals surface area contributed by atoms with Gasteiger partial charge in [-0.05, 0) is 67.5 Å². The molecule has 1 heterocycles. The van der Waals surface area contributed by atoms with E-state index in [4.69, 9.17) is 4.74 Å². The van der Waals surface area contributed by atoms with E-state index in [0.717, 1.165) is 43.0 Å². The first-order valence-corrected chi connectivity index (χ1v) is 13.0. The lowest BCUT2D eigenvalue weighted by molar-refractivity contribution is 0.319. The monoisotopic (exact) mass is 490 g/mol. The van der Waals surface area contributed by atoms with Crippen LogP contribution in [-0.4, -0.2) is 31.4 Å². The average molecular weight is 491 g/mol. The molecule has 1 saturated carbocycles. The molecule has 0 saturated heterocycles. The van der Waals surface area contributed by atoms with Gasteiger partial charge in [-0.15, -0.1) is 0 Å². The van der Waals surface area contributed by atoms with Crippen LogP contribution in [0.5, 0.6) is 5.75 Å². The van der Waals surface area contributed by atoms with Crippen LogP contribution in [0, 0.1) is 0 Å². The van der Waals surface area contributed by atoms with Crippen molar-refractivity contribution in [3.8, 4) is 5.75 Å². The lowest BCUT2D eigenvalue weighted by Crippen LogP contribution is -2.37. The Morgan fingerprint density at radius 1 is 1.10 bits per heavy atom. The minimum atomic E-state index is -3.56. The van der Waals surface area contributed by atoms with Crippen LogP contribution in [0.1, 0.15) is 43.6 Å². The molecular weight excluding hydrogens is 464 g/mol. The molecule has 0 amide bonds. The summed E-state index contributed by atoms with van der Waals surface area (Å²) in [5.74, 6) is 1.04. The largest absolute Gasteiger partial charge is 0.494 e. The van der Waals surface area contributed by atoms with Crippen molar-refractivity contribution < 1.29 is 13.2 Å². The van der Waals surface area contributed by atoms with E-state index >= 15 is 0 Å². The Morgan fingerprint density at radius 2 is 1.90 bits per heavy atom. The van der Waals surface area contributed by atoms with E-state index in [9.17, 15) is 8.42 Å². The van der Waals surface area contributed by atoms with Gasteiger partial charge in [-0.1, -0.05) is 40.5 Å². The van der Waals surface area contributed by atoms with Gasteiger partial charge in [0, 0.05) is 28.5 Å². The van der Waals surface area contributed by atoms with E-state index in [1.807, 2.05) is 6.07 Å². The number of sulfonamides is 1. The highest BCUT2D eigenvalue weighted by atomic mass is 79.9. The number of H-pyrrole nitrogens is 1. The second kappa shape index (κ2) is 9.54. The predicted molar refractivity (Wildman–Crippen MR) is 124 cm³/mol. The minimum absolute atomic E-state index is 0.0581. The highest BCUT2D eigenvalue weighted by molar-refractivity contribution is 9.09. The SMILES string of the molecule is O=S(=O)(NC1CCCC(c2c[nH]c3ccccc23)C1)c1ccc(OCCCBr)cc1. The molecule has 160 valence electrons. The number of rotatable bonds is 8. The number of ether oxygens (including phenoxy) is 1. The summed E-state index contributed by atoms with van der Waals surface area (Å²) in [5.41, 5.74) is 2.42. The highest BCUT2D eigenvalue weighted by Gasteiger charge is 2.28. The summed E-state index contributed by atoms with van der Waals surface area (Å²) < 4.78 is 34.4. The van der Waals surface area contributed by atoms with Gasteiger partial charge in [-0.2, -0.15) is 0 Å². The molecule has 1 aliphatic carbocycles. The molecule has 30 heavy (non-hydrogen) atoms. The third-order valence-electron chi connectivity index (χ3n) is 5.74. The molecule has 4 rings (SSSR count). The standard InChI is InChI=1S/C23H27BrN2O3S/c24-13-4-14-29-19-9-11-20(12-10-19)30(27,28)26-18-6-3-5-17(15-18)22-16-25-23-8-2-1-7-21(22)23/h1-2,7-12,16-18,25-26H,3-6,13-15H2. The average Bonchev–Trinajstić information content (AvgIpc) is 3.18. The number of hydrogen-bond donors (Lipinski definition) is 2. The number of aromatic nitrogens is 1. The summed E-state index contributed by atoms with van der Waals surface area (Å²) in [6.07, 6.45) is 6.76. The Morgan fingerprint density at radius 3 is 2.70 bits per heavy atom. The zero-order valence-corrected chi connectivity index (χ0v) is 19.2. The second-order valence-electron chi connectivity index (χ2n) is 7.83. The van der Waals surface area contributed by atoms with E-state index in [2.05, 4.69) is 50.0 Å². The van der Waals surface area contributed by atoms with Crippen molar-refractivity contribution in [1.29, 1.82) is 0 Å². The first-order chi connectivity index (χ1) is 14.6. The van der Waals surface area contributed by atoms with Crippen LogP contribution in [0.2, 0.25) is 0 Å². The van der Waals surface area contributed by atoms with Crippen LogP contribution in [-0.2, 0) is 10.0 Å². The molecule has 0 radical (unpaired) electrons. The van der Waals surface area contributed by atoms with Crippen molar-refractivity contribution in [3.05, 3.63) is 60.3 Å². The van der Waals surface area contributed by atoms with Crippen LogP contribution in [0.4, 0.5) is 0 Å². The fourth-order valence-electron chi connectivity index (χ4n) is 4.26. The van der Waals surface area contributed by atoms with Gasteiger partial charge < -0.3 is 9.72 Å². The number of nitrogens with one attached hydrogen (secondary N) is 2. The van der Waals surface area contributed by atoms with E-state index < -0.39 is 10.0 Å². The predicted octanol–water partition coefficient (Wildman–Crippen LogP) is 5.34. The third kappa shape index (κ3) is 4.90. The zero-order chi connectivity index (χ0) is 21.0. The van der Waals surface area contributed by atoms with Gasteiger partial charge in [0.2, 0.25) is 10.0 Å². The van der Waals surface area contributed by atoms with Crippen LogP contribution in [0.25, 0.3) is 10.9 Å². The number of benzene rings is 2. The highest BCUT2D eigenvalue weighted by Crippen LogP contribution is 2.37. The van der Waals surface area contributed by atoms with Crippen molar-refractivity contribution in [1.82, 2.24) is 9.71 Å². The maximum Gasteiger partial charge on any atom is 0.240 e. The quantitative estimate of drug-likeness (QED) is 0.330. The summed E-state index contributed by atoms with van der Waals surface area (Å²) in [6.45, 7) is 0.604. The molecule has 1 aromatic heterocycles. The molecule has 2 atom stereocenters. The molecule has 0 aliphatic heterocycles. The smallest absolute Gasteiger partial charge is 0.240 e. The van der Waals surface area contributed by atoms with Crippen LogP contribution in [0.3, 0.4) is 0 Å². The van der Waals surface area contributed by atoms with Crippen molar-refractivity contribution in [3.63, 3.8) is 0 Å². The molecule has 0 bridgehead atoms. The lowest BCUT2D eigenvalue weighted by atomic mass is 9.81. The summed E-state index contributed by atoms with van der Waals surface area (Å²) in [6, 6.07) is 14.9. The van der Waals surface area contributed by atoms with E-state index in [-0.39, 0.29) is 10.9 Å². The van der Waals surface area contributed by atoms with Gasteiger partial charge in [0.05, 0.1) is 11.5 Å². The van der Waals surface area contributed by atoms with Crippen molar-refractivity contribution in [2.75, 3.05) is 11.9 Å². The number of halogens is 1. The lowest BCUT2D eigenvalue weighted by Gasteiger charge is -2.29. The molecule has 1 aliphatic rings. The molecule has 5 nitrogen and oxygen atoms in total. The van der Waals surface area contributed by atoms with Gasteiger partial charge in [0.1, 0.15) is 5.75 Å². The molecule has 2 aromatic carbocycles. The van der Waals surface area contributed by atoms with Gasteiger partial charge in [-0.3, -0.25) is 0 Å². The van der Waals surface area contributed by atoms with Gasteiger partial charge in [-0.25, -0.2) is 13.1 Å². The van der Waals surface area contributed by atoms with Crippen molar-refractivity contribution in [2.24, 2.45) is 0 Å². The number of aromatic amines is 1. The van der Waals surface area contributed by atoms with E-state index in [0.29, 0.717) is 18.3 Å². The van der Waals surface area contributed by atoms with Crippen LogP contribution in [0.15, 0.2) is 59.6 Å². The first-order valence-electron chi connectivity index (χ1n) is 10.4. The summed E-state index contributed by atoms with van der Waals surface area (Å²) in [7, 11) is -3.56. The third-order valence-corrected chi connectivity index (χ3v) is 7.83. The van der Waals surface area contributed by atoms with Crippen molar-refractivity contribution in [2.45, 2.75) is 49.0 Å². The fraction of sp³-hybridized carbons (Fsp3) is 0.391. The van der Waals surface area contributed by atoms with Crippen LogP contribution >= 0.6 is 15.9 Å². The number of fused-ring (bicyclic) bond motifs is 1. The molecule has 2 unspecified atom stereocenters. The maximum absolute atomic E-state index is 12.9. The van der Waals surface area contributed by atoms with Gasteiger partial charge in [0.25, 0.3) is 0 Å². The molecule has 3 aromatic rings. The fourth-order valence-corrected chi connectivity index (χ4v) is 5.77. The second-order valence-corrected chi connectivity index (χ2v) is 10.3. The van der Waals surface area contributed by atoms with E-state index in [1.54, 1.807) is 24.3 Å². The molecule has 1 fully saturated rings. The normalized spacial score (nSPS) is 19.8. The zero-order valence-electron chi connectivity index (χ0n) is 16.8. The van der Waals surface area contributed by atoms with Crippen LogP contribution < -0.4 is 9.46 Å². The Bertz CT molecular complexity index is 1080. The first kappa shape index (κ1) is 21.4. The maximum atomic E-state index is 12.9. The molecular formula is C23H27BrN2O3S. The van der Waals surface area contributed by atoms with Gasteiger partial charge >= 0.3 is 0 Å². The van der Waals surface area contributed by atoms with Gasteiger partial charge in [0.15, 0.2) is 0 Å². The number of para-hydroxylation sites is 1. The Balaban J connectivity index is 1.43. The summed E-state index contributed by atoms with van der Waals surface area (Å²) in [5, 5.41) is 2.12. The summed E-state index contributed by atoms with van der Waals surface area (Å²) in [4.78, 5) is 3.63. The Kier molecular flexibility index (Phi) is 6.80. The molecule has 2 N–H and O–H groups in total. The Labute approximate surface area is 186 Å². The minimum Gasteiger partial charge on any atom is -0.494 e. The topological polar surface area (TPSA) is 71.2 Å². The summed E-state index contributed by atoms with van der Waals surface area (Å²) >= 11 is 3.37. The number of hydrogen-bond acceptors (Lipinski definition) is 3.